The highest BCUT2D eigenvalue weighted by Gasteiger charge is 2.01. The van der Waals surface area contributed by atoms with Gasteiger partial charge in [-0.1, -0.05) is 0 Å². The van der Waals surface area contributed by atoms with Crippen LogP contribution < -0.4 is 5.32 Å². The fraction of sp³-hybridized carbons (Fsp3) is 1.00. The van der Waals surface area contributed by atoms with E-state index in [9.17, 15) is 0 Å². The highest BCUT2D eigenvalue weighted by Crippen LogP contribution is 1.94. The van der Waals surface area contributed by atoms with E-state index in [4.69, 9.17) is 0 Å². The molecule has 12 heavy (non-hydrogen) atoms. The van der Waals surface area contributed by atoms with Crippen LogP contribution in [0.3, 0.4) is 0 Å². The fourth-order valence-corrected chi connectivity index (χ4v) is 1.27. The van der Waals surface area contributed by atoms with Crippen molar-refractivity contribution in [1.82, 2.24) is 10.2 Å². The molecule has 0 aliphatic rings. The van der Waals surface area contributed by atoms with E-state index in [0.717, 1.165) is 13.1 Å². The highest BCUT2D eigenvalue weighted by molar-refractivity contribution is 7.98. The first-order chi connectivity index (χ1) is 5.68. The molecule has 0 aromatic carbocycles. The zero-order valence-corrected chi connectivity index (χ0v) is 9.58. The van der Waals surface area contributed by atoms with Gasteiger partial charge in [0.05, 0.1) is 0 Å². The Bertz CT molecular complexity index is 96.5. The summed E-state index contributed by atoms with van der Waals surface area (Å²) in [6.45, 7) is 4.49. The van der Waals surface area contributed by atoms with E-state index in [-0.39, 0.29) is 0 Å². The molecule has 0 bridgehead atoms. The number of likely N-dealkylation sites (N-methyl/N-ethyl adjacent to an activating group) is 1. The molecule has 0 fully saturated rings. The Kier molecular flexibility index (Phi) is 8.07. The lowest BCUT2D eigenvalue weighted by atomic mass is 10.3. The maximum absolute atomic E-state index is 3.45. The largest absolute Gasteiger partial charge is 0.315 e. The second-order valence-electron chi connectivity index (χ2n) is 3.36. The van der Waals surface area contributed by atoms with Crippen molar-refractivity contribution in [3.63, 3.8) is 0 Å². The average Bonchev–Trinajstić information content (AvgIpc) is 2.03. The Hall–Kier alpha value is 0.270. The molecule has 1 N–H and O–H groups in total. The van der Waals surface area contributed by atoms with Crippen LogP contribution in [0, 0.1) is 0 Å². The van der Waals surface area contributed by atoms with Crippen LogP contribution in [-0.4, -0.2) is 50.1 Å². The lowest BCUT2D eigenvalue weighted by Gasteiger charge is -2.19. The normalized spacial score (nSPS) is 13.8. The van der Waals surface area contributed by atoms with Crippen LogP contribution in [0.4, 0.5) is 0 Å². The van der Waals surface area contributed by atoms with Crippen molar-refractivity contribution in [2.45, 2.75) is 19.4 Å². The number of thioether (sulfide) groups is 1. The van der Waals surface area contributed by atoms with Crippen LogP contribution in [0.5, 0.6) is 0 Å². The minimum Gasteiger partial charge on any atom is -0.315 e. The molecule has 0 aliphatic carbocycles. The summed E-state index contributed by atoms with van der Waals surface area (Å²) in [6.07, 6.45) is 3.43. The van der Waals surface area contributed by atoms with Gasteiger partial charge in [0.15, 0.2) is 0 Å². The summed E-state index contributed by atoms with van der Waals surface area (Å²) in [4.78, 5) is 2.24. The first-order valence-electron chi connectivity index (χ1n) is 4.54. The maximum atomic E-state index is 3.45. The molecule has 74 valence electrons. The first-order valence-corrected chi connectivity index (χ1v) is 5.94. The Balaban J connectivity index is 3.08. The average molecular weight is 190 g/mol. The monoisotopic (exact) mass is 190 g/mol. The van der Waals surface area contributed by atoms with Crippen LogP contribution in [0.2, 0.25) is 0 Å². The van der Waals surface area contributed by atoms with Gasteiger partial charge >= 0.3 is 0 Å². The van der Waals surface area contributed by atoms with Gasteiger partial charge < -0.3 is 10.2 Å². The summed E-state index contributed by atoms with van der Waals surface area (Å²) < 4.78 is 0. The first kappa shape index (κ1) is 12.3. The second-order valence-corrected chi connectivity index (χ2v) is 4.35. The molecule has 0 spiro atoms. The standard InChI is InChI=1S/C9H22N2S/c1-9(11(2)3)8-10-6-5-7-12-4/h9-10H,5-8H2,1-4H3. The van der Waals surface area contributed by atoms with Crippen molar-refractivity contribution >= 4 is 11.8 Å². The van der Waals surface area contributed by atoms with E-state index in [2.05, 4.69) is 37.5 Å². The van der Waals surface area contributed by atoms with Crippen molar-refractivity contribution < 1.29 is 0 Å². The minimum absolute atomic E-state index is 0.638. The topological polar surface area (TPSA) is 15.3 Å². The summed E-state index contributed by atoms with van der Waals surface area (Å²) in [7, 11) is 4.24. The number of hydrogen-bond donors (Lipinski definition) is 1. The highest BCUT2D eigenvalue weighted by atomic mass is 32.2. The molecule has 0 saturated carbocycles. The van der Waals surface area contributed by atoms with Gasteiger partial charge in [-0.15, -0.1) is 0 Å². The maximum Gasteiger partial charge on any atom is 0.0186 e. The van der Waals surface area contributed by atoms with Gasteiger partial charge in [-0.2, -0.15) is 11.8 Å². The van der Waals surface area contributed by atoms with Crippen LogP contribution in [0.15, 0.2) is 0 Å². The molecule has 0 heterocycles. The smallest absolute Gasteiger partial charge is 0.0186 e. The van der Waals surface area contributed by atoms with Crippen molar-refractivity contribution in [1.29, 1.82) is 0 Å². The SMILES string of the molecule is CSCCCNCC(C)N(C)C. The summed E-state index contributed by atoms with van der Waals surface area (Å²) in [5.41, 5.74) is 0. The molecule has 0 aromatic rings. The number of nitrogens with zero attached hydrogens (tertiary/aromatic N) is 1. The number of hydrogen-bond acceptors (Lipinski definition) is 3. The zero-order valence-electron chi connectivity index (χ0n) is 8.76. The molecule has 0 saturated heterocycles. The van der Waals surface area contributed by atoms with Crippen LogP contribution in [0.1, 0.15) is 13.3 Å². The van der Waals surface area contributed by atoms with Gasteiger partial charge in [-0.05, 0) is 46.0 Å². The number of rotatable bonds is 7. The van der Waals surface area contributed by atoms with Gasteiger partial charge in [0.2, 0.25) is 0 Å². The Morgan fingerprint density at radius 3 is 2.58 bits per heavy atom. The molecule has 0 amide bonds. The molecule has 0 aromatic heterocycles. The Labute approximate surface area is 81.1 Å². The predicted octanol–water partition coefficient (Wildman–Crippen LogP) is 1.28. The fourth-order valence-electron chi connectivity index (χ4n) is 0.835. The quantitative estimate of drug-likeness (QED) is 0.609. The van der Waals surface area contributed by atoms with E-state index < -0.39 is 0 Å². The van der Waals surface area contributed by atoms with Crippen molar-refractivity contribution in [3.05, 3.63) is 0 Å². The lowest BCUT2D eigenvalue weighted by Crippen LogP contribution is -2.35. The molecule has 0 rings (SSSR count). The van der Waals surface area contributed by atoms with Crippen molar-refractivity contribution in [2.75, 3.05) is 39.2 Å². The van der Waals surface area contributed by atoms with E-state index in [1.165, 1.54) is 12.2 Å². The molecule has 3 heteroatoms. The zero-order chi connectivity index (χ0) is 9.40. The van der Waals surface area contributed by atoms with E-state index in [1.807, 2.05) is 11.8 Å². The minimum atomic E-state index is 0.638. The summed E-state index contributed by atoms with van der Waals surface area (Å²) in [5.74, 6) is 1.27. The van der Waals surface area contributed by atoms with E-state index in [0.29, 0.717) is 6.04 Å². The van der Waals surface area contributed by atoms with Gasteiger partial charge in [0.1, 0.15) is 0 Å². The molecule has 0 radical (unpaired) electrons. The molecular formula is C9H22N2S. The predicted molar refractivity (Wildman–Crippen MR) is 59.0 cm³/mol. The van der Waals surface area contributed by atoms with Gasteiger partial charge in [-0.25, -0.2) is 0 Å². The Morgan fingerprint density at radius 2 is 2.08 bits per heavy atom. The Morgan fingerprint density at radius 1 is 1.42 bits per heavy atom. The third-order valence-corrected chi connectivity index (χ3v) is 2.72. The van der Waals surface area contributed by atoms with Gasteiger partial charge in [-0.3, -0.25) is 0 Å². The number of nitrogens with one attached hydrogen (secondary N) is 1. The van der Waals surface area contributed by atoms with Crippen molar-refractivity contribution in [3.8, 4) is 0 Å². The third-order valence-electron chi connectivity index (χ3n) is 2.02. The second kappa shape index (κ2) is 7.90. The summed E-state index contributed by atoms with van der Waals surface area (Å²) >= 11 is 1.92. The lowest BCUT2D eigenvalue weighted by molar-refractivity contribution is 0.303. The van der Waals surface area contributed by atoms with Crippen LogP contribution in [-0.2, 0) is 0 Å². The van der Waals surface area contributed by atoms with E-state index in [1.54, 1.807) is 0 Å². The molecule has 0 aliphatic heterocycles. The van der Waals surface area contributed by atoms with Gasteiger partial charge in [0, 0.05) is 12.6 Å². The molecule has 1 atom stereocenters. The van der Waals surface area contributed by atoms with Crippen LogP contribution >= 0.6 is 11.8 Å². The molecular weight excluding hydrogens is 168 g/mol. The van der Waals surface area contributed by atoms with E-state index >= 15 is 0 Å². The van der Waals surface area contributed by atoms with Crippen LogP contribution in [0.25, 0.3) is 0 Å². The summed E-state index contributed by atoms with van der Waals surface area (Å²) in [6, 6.07) is 0.638. The van der Waals surface area contributed by atoms with Gasteiger partial charge in [0.25, 0.3) is 0 Å². The summed E-state index contributed by atoms with van der Waals surface area (Å²) in [5, 5.41) is 3.45. The third kappa shape index (κ3) is 6.95. The molecule has 1 unspecified atom stereocenters. The van der Waals surface area contributed by atoms with Crippen molar-refractivity contribution in [2.24, 2.45) is 0 Å². The molecule has 2 nitrogen and oxygen atoms in total.